The monoisotopic (exact) mass is 273 g/mol. The molecular weight excluding hydrogens is 269 g/mol. The first-order chi connectivity index (χ1) is 6.61. The van der Waals surface area contributed by atoms with E-state index in [9.17, 15) is 4.79 Å². The number of aromatic carboxylic acids is 1. The maximum Gasteiger partial charge on any atom is 0.337 e. The second-order valence-electron chi connectivity index (χ2n) is 2.50. The molecule has 0 saturated heterocycles. The molecule has 0 amide bonds. The fourth-order valence-corrected chi connectivity index (χ4v) is 2.03. The highest BCUT2D eigenvalue weighted by Gasteiger charge is 2.15. The van der Waals surface area contributed by atoms with Crippen molar-refractivity contribution in [2.75, 3.05) is 0 Å². The van der Waals surface area contributed by atoms with Crippen LogP contribution < -0.4 is 0 Å². The Labute approximate surface area is 94.0 Å². The molecule has 0 aromatic heterocycles. The highest BCUT2D eigenvalue weighted by Crippen LogP contribution is 2.25. The Morgan fingerprint density at radius 3 is 2.71 bits per heavy atom. The van der Waals surface area contributed by atoms with Gasteiger partial charge in [-0.15, -0.1) is 0 Å². The van der Waals surface area contributed by atoms with E-state index in [1.54, 1.807) is 0 Å². The number of alkyl halides is 1. The van der Waals surface area contributed by atoms with E-state index in [0.717, 1.165) is 0 Å². The van der Waals surface area contributed by atoms with Gasteiger partial charge in [0.25, 0.3) is 0 Å². The van der Waals surface area contributed by atoms with Crippen molar-refractivity contribution in [3.05, 3.63) is 33.8 Å². The molecule has 1 aromatic carbocycles. The number of nitriles is 1. The number of benzene rings is 1. The van der Waals surface area contributed by atoms with Crippen molar-refractivity contribution in [2.45, 2.75) is 5.33 Å². The van der Waals surface area contributed by atoms with Gasteiger partial charge in [0.15, 0.2) is 0 Å². The van der Waals surface area contributed by atoms with Gasteiger partial charge in [-0.2, -0.15) is 5.26 Å². The van der Waals surface area contributed by atoms with Crippen molar-refractivity contribution >= 4 is 33.5 Å². The summed E-state index contributed by atoms with van der Waals surface area (Å²) in [6.45, 7) is 0. The zero-order chi connectivity index (χ0) is 10.7. The fraction of sp³-hybridized carbons (Fsp3) is 0.111. The smallest absolute Gasteiger partial charge is 0.337 e. The minimum Gasteiger partial charge on any atom is -0.478 e. The van der Waals surface area contributed by atoms with Crippen LogP contribution in [-0.2, 0) is 5.33 Å². The highest BCUT2D eigenvalue weighted by atomic mass is 79.9. The quantitative estimate of drug-likeness (QED) is 0.844. The SMILES string of the molecule is N#Cc1c(C(=O)O)ccc(Cl)c1CBr. The Hall–Kier alpha value is -1.05. The third kappa shape index (κ3) is 1.89. The van der Waals surface area contributed by atoms with E-state index < -0.39 is 5.97 Å². The minimum absolute atomic E-state index is 0.0219. The molecule has 0 bridgehead atoms. The Balaban J connectivity index is 3.50. The molecule has 1 N–H and O–H groups in total. The van der Waals surface area contributed by atoms with E-state index in [-0.39, 0.29) is 11.1 Å². The zero-order valence-corrected chi connectivity index (χ0v) is 9.26. The molecule has 0 aliphatic carbocycles. The fourth-order valence-electron chi connectivity index (χ4n) is 1.06. The number of carbonyl (C=O) groups is 1. The molecular formula is C9H5BrClNO2. The van der Waals surface area contributed by atoms with Crippen molar-refractivity contribution in [3.63, 3.8) is 0 Å². The molecule has 0 heterocycles. The van der Waals surface area contributed by atoms with Gasteiger partial charge in [-0.3, -0.25) is 0 Å². The lowest BCUT2D eigenvalue weighted by Crippen LogP contribution is -2.03. The van der Waals surface area contributed by atoms with E-state index >= 15 is 0 Å². The van der Waals surface area contributed by atoms with E-state index in [2.05, 4.69) is 15.9 Å². The number of nitrogens with zero attached hydrogens (tertiary/aromatic N) is 1. The van der Waals surface area contributed by atoms with Crippen molar-refractivity contribution in [1.29, 1.82) is 5.26 Å². The van der Waals surface area contributed by atoms with Crippen LogP contribution in [0.2, 0.25) is 5.02 Å². The summed E-state index contributed by atoms with van der Waals surface area (Å²) in [7, 11) is 0. The molecule has 0 atom stereocenters. The number of carboxylic acid groups (broad SMARTS) is 1. The molecule has 5 heteroatoms. The summed E-state index contributed by atoms with van der Waals surface area (Å²) >= 11 is 8.97. The third-order valence-electron chi connectivity index (χ3n) is 1.73. The van der Waals surface area contributed by atoms with Crippen LogP contribution in [0.5, 0.6) is 0 Å². The van der Waals surface area contributed by atoms with Crippen molar-refractivity contribution in [2.24, 2.45) is 0 Å². The number of rotatable bonds is 2. The predicted molar refractivity (Wildman–Crippen MR) is 55.8 cm³/mol. The summed E-state index contributed by atoms with van der Waals surface area (Å²) < 4.78 is 0. The van der Waals surface area contributed by atoms with Gasteiger partial charge in [0.1, 0.15) is 6.07 Å². The lowest BCUT2D eigenvalue weighted by atomic mass is 10.0. The number of carboxylic acids is 1. The van der Waals surface area contributed by atoms with Gasteiger partial charge < -0.3 is 5.11 Å². The van der Waals surface area contributed by atoms with Crippen LogP contribution in [0, 0.1) is 11.3 Å². The van der Waals surface area contributed by atoms with Crippen molar-refractivity contribution in [1.82, 2.24) is 0 Å². The maximum absolute atomic E-state index is 10.8. The molecule has 0 saturated carbocycles. The Bertz CT molecular complexity index is 426. The Morgan fingerprint density at radius 1 is 1.64 bits per heavy atom. The van der Waals surface area contributed by atoms with Gasteiger partial charge >= 0.3 is 5.97 Å². The van der Waals surface area contributed by atoms with Crippen molar-refractivity contribution < 1.29 is 9.90 Å². The van der Waals surface area contributed by atoms with Gasteiger partial charge in [-0.05, 0) is 17.7 Å². The van der Waals surface area contributed by atoms with Gasteiger partial charge in [0.05, 0.1) is 11.1 Å². The van der Waals surface area contributed by atoms with Gasteiger partial charge in [-0.25, -0.2) is 4.79 Å². The second kappa shape index (κ2) is 4.45. The summed E-state index contributed by atoms with van der Waals surface area (Å²) in [6.07, 6.45) is 0. The summed E-state index contributed by atoms with van der Waals surface area (Å²) in [4.78, 5) is 10.8. The van der Waals surface area contributed by atoms with Gasteiger partial charge in [0.2, 0.25) is 0 Å². The molecule has 0 radical (unpaired) electrons. The number of hydrogen-bond acceptors (Lipinski definition) is 2. The lowest BCUT2D eigenvalue weighted by molar-refractivity contribution is 0.0696. The maximum atomic E-state index is 10.8. The van der Waals surface area contributed by atoms with Crippen molar-refractivity contribution in [3.8, 4) is 6.07 Å². The summed E-state index contributed by atoms with van der Waals surface area (Å²) in [5.74, 6) is -1.12. The largest absolute Gasteiger partial charge is 0.478 e. The Kier molecular flexibility index (Phi) is 3.50. The number of halogens is 2. The van der Waals surface area contributed by atoms with Gasteiger partial charge in [-0.1, -0.05) is 27.5 Å². The normalized spacial score (nSPS) is 9.50. The first-order valence-electron chi connectivity index (χ1n) is 3.62. The average molecular weight is 275 g/mol. The molecule has 1 rings (SSSR count). The first-order valence-corrected chi connectivity index (χ1v) is 5.12. The molecule has 0 fully saturated rings. The van der Waals surface area contributed by atoms with Gasteiger partial charge in [0, 0.05) is 10.4 Å². The van der Waals surface area contributed by atoms with E-state index in [4.69, 9.17) is 22.0 Å². The Morgan fingerprint density at radius 2 is 2.29 bits per heavy atom. The first kappa shape index (κ1) is 11.0. The summed E-state index contributed by atoms with van der Waals surface area (Å²) in [6, 6.07) is 4.65. The molecule has 1 aromatic rings. The molecule has 0 spiro atoms. The van der Waals surface area contributed by atoms with Crippen LogP contribution in [0.25, 0.3) is 0 Å². The highest BCUT2D eigenvalue weighted by molar-refractivity contribution is 9.08. The van der Waals surface area contributed by atoms with Crippen LogP contribution in [0.3, 0.4) is 0 Å². The van der Waals surface area contributed by atoms with E-state index in [1.165, 1.54) is 12.1 Å². The topological polar surface area (TPSA) is 61.1 Å². The van der Waals surface area contributed by atoms with Crippen LogP contribution in [0.15, 0.2) is 12.1 Å². The number of hydrogen-bond donors (Lipinski definition) is 1. The second-order valence-corrected chi connectivity index (χ2v) is 3.47. The zero-order valence-electron chi connectivity index (χ0n) is 6.92. The standard InChI is InChI=1S/C9H5BrClNO2/c10-3-6-7(4-12)5(9(13)14)1-2-8(6)11/h1-2H,3H2,(H,13,14). The lowest BCUT2D eigenvalue weighted by Gasteiger charge is -2.05. The molecule has 0 aliphatic heterocycles. The molecule has 14 heavy (non-hydrogen) atoms. The van der Waals surface area contributed by atoms with E-state index in [1.807, 2.05) is 6.07 Å². The van der Waals surface area contributed by atoms with Crippen LogP contribution >= 0.6 is 27.5 Å². The minimum atomic E-state index is -1.12. The van der Waals surface area contributed by atoms with E-state index in [0.29, 0.717) is 15.9 Å². The predicted octanol–water partition coefficient (Wildman–Crippen LogP) is 2.80. The molecule has 0 aliphatic rings. The molecule has 3 nitrogen and oxygen atoms in total. The van der Waals surface area contributed by atoms with Crippen LogP contribution in [-0.4, -0.2) is 11.1 Å². The van der Waals surface area contributed by atoms with Crippen LogP contribution in [0.1, 0.15) is 21.5 Å². The average Bonchev–Trinajstić information content (AvgIpc) is 2.16. The molecule has 0 unspecified atom stereocenters. The summed E-state index contributed by atoms with van der Waals surface area (Å²) in [5, 5.41) is 18.4. The van der Waals surface area contributed by atoms with Crippen LogP contribution in [0.4, 0.5) is 0 Å². The third-order valence-corrected chi connectivity index (χ3v) is 2.65. The summed E-state index contributed by atoms with van der Waals surface area (Å²) in [5.41, 5.74) is 0.599. The molecule has 72 valence electrons.